The van der Waals surface area contributed by atoms with Gasteiger partial charge in [0.1, 0.15) is 30.5 Å². The maximum atomic E-state index is 12.9. The molecule has 0 bridgehead atoms. The Kier molecular flexibility index (Phi) is 42.6. The Labute approximate surface area is 408 Å². The van der Waals surface area contributed by atoms with Gasteiger partial charge in [0.05, 0.1) is 19.8 Å². The lowest BCUT2D eigenvalue weighted by Crippen LogP contribution is -2.60. The zero-order chi connectivity index (χ0) is 48.9. The van der Waals surface area contributed by atoms with Gasteiger partial charge in [0.25, 0.3) is 0 Å². The van der Waals surface area contributed by atoms with Gasteiger partial charge in [-0.3, -0.25) is 9.35 Å². The minimum Gasteiger partial charge on any atom is -0.457 e. The maximum Gasteiger partial charge on any atom is 0.397 e. The summed E-state index contributed by atoms with van der Waals surface area (Å²) in [7, 11) is -5.07. The molecule has 0 radical (unpaired) electrons. The third-order valence-corrected chi connectivity index (χ3v) is 12.7. The fourth-order valence-electron chi connectivity index (χ4n) is 8.20. The first kappa shape index (κ1) is 63.1. The van der Waals surface area contributed by atoms with E-state index < -0.39 is 59.8 Å². The summed E-state index contributed by atoms with van der Waals surface area (Å²) < 4.78 is 59.3. The van der Waals surface area contributed by atoms with Crippen LogP contribution in [0.4, 0.5) is 0 Å². The van der Waals surface area contributed by atoms with Gasteiger partial charge in [0.15, 0.2) is 6.29 Å². The molecule has 4 N–H and O–H groups in total. The second-order valence-corrected chi connectivity index (χ2v) is 19.5. The van der Waals surface area contributed by atoms with Crippen molar-refractivity contribution >= 4 is 16.4 Å². The minimum atomic E-state index is -5.07. The zero-order valence-electron chi connectivity index (χ0n) is 42.2. The van der Waals surface area contributed by atoms with Crippen molar-refractivity contribution in [2.75, 3.05) is 26.4 Å². The van der Waals surface area contributed by atoms with Gasteiger partial charge in [0, 0.05) is 13.0 Å². The van der Waals surface area contributed by atoms with Crippen LogP contribution >= 0.6 is 0 Å². The van der Waals surface area contributed by atoms with Crippen molar-refractivity contribution in [3.8, 4) is 0 Å². The quantitative estimate of drug-likeness (QED) is 0.0197. The fraction of sp³-hybridized carbons (Fsp3) is 0.833. The molecule has 392 valence electrons. The van der Waals surface area contributed by atoms with Gasteiger partial charge in [-0.15, -0.1) is 0 Å². The second kappa shape index (κ2) is 45.2. The highest BCUT2D eigenvalue weighted by Crippen LogP contribution is 2.26. The van der Waals surface area contributed by atoms with Crippen LogP contribution < -0.4 is 0 Å². The van der Waals surface area contributed by atoms with Crippen LogP contribution in [0.2, 0.25) is 0 Å². The summed E-state index contributed by atoms with van der Waals surface area (Å²) in [4.78, 5) is 12.9. The SMILES string of the molecule is CC/C=C\C/C=C\C/C=C\C/C=C\CCCCCCCCCCCCCOCC(COC1OC(CO)C(O)C(OS(=O)(=O)O)C1O)OC(=O)CCCCCCCCCCCCCCCCCC. The van der Waals surface area contributed by atoms with Crippen molar-refractivity contribution in [2.24, 2.45) is 0 Å². The molecule has 0 amide bonds. The smallest absolute Gasteiger partial charge is 0.397 e. The van der Waals surface area contributed by atoms with Gasteiger partial charge in [-0.1, -0.05) is 217 Å². The number of carbonyl (C=O) groups is 1. The highest BCUT2D eigenvalue weighted by Gasteiger charge is 2.48. The highest BCUT2D eigenvalue weighted by molar-refractivity contribution is 7.80. The Bertz CT molecular complexity index is 1350. The molecular formula is C54H98O12S. The average molecular weight is 971 g/mol. The van der Waals surface area contributed by atoms with Crippen LogP contribution in [0.5, 0.6) is 0 Å². The Morgan fingerprint density at radius 3 is 1.51 bits per heavy atom. The van der Waals surface area contributed by atoms with Crippen molar-refractivity contribution in [3.63, 3.8) is 0 Å². The van der Waals surface area contributed by atoms with E-state index in [1.165, 1.54) is 128 Å². The lowest BCUT2D eigenvalue weighted by atomic mass is 9.99. The van der Waals surface area contributed by atoms with Gasteiger partial charge in [-0.25, -0.2) is 4.18 Å². The molecule has 67 heavy (non-hydrogen) atoms. The van der Waals surface area contributed by atoms with Gasteiger partial charge in [-0.2, -0.15) is 8.42 Å². The van der Waals surface area contributed by atoms with E-state index in [2.05, 4.69) is 66.6 Å². The van der Waals surface area contributed by atoms with E-state index in [1.807, 2.05) is 0 Å². The predicted octanol–water partition coefficient (Wildman–Crippen LogP) is 12.7. The first-order valence-electron chi connectivity index (χ1n) is 26.9. The predicted molar refractivity (Wildman–Crippen MR) is 271 cm³/mol. The van der Waals surface area contributed by atoms with Crippen molar-refractivity contribution in [3.05, 3.63) is 48.6 Å². The molecule has 6 atom stereocenters. The highest BCUT2D eigenvalue weighted by atomic mass is 32.3. The van der Waals surface area contributed by atoms with Crippen LogP contribution in [-0.4, -0.2) is 97.5 Å². The maximum absolute atomic E-state index is 12.9. The van der Waals surface area contributed by atoms with Crippen molar-refractivity contribution < 1.29 is 56.2 Å². The molecule has 0 spiro atoms. The number of hydrogen-bond acceptors (Lipinski definition) is 11. The summed E-state index contributed by atoms with van der Waals surface area (Å²) in [6.45, 7) is 3.90. The van der Waals surface area contributed by atoms with Crippen molar-refractivity contribution in [2.45, 2.75) is 263 Å². The molecule has 0 aromatic carbocycles. The first-order chi connectivity index (χ1) is 32.6. The minimum absolute atomic E-state index is 0.0357. The Balaban J connectivity index is 2.31. The molecule has 13 heteroatoms. The molecule has 0 aromatic heterocycles. The molecule has 12 nitrogen and oxygen atoms in total. The van der Waals surface area contributed by atoms with E-state index >= 15 is 0 Å². The van der Waals surface area contributed by atoms with Crippen LogP contribution in [0, 0.1) is 0 Å². The van der Waals surface area contributed by atoms with Crippen molar-refractivity contribution in [1.29, 1.82) is 0 Å². The number of ether oxygens (including phenoxy) is 4. The molecular weight excluding hydrogens is 873 g/mol. The Morgan fingerprint density at radius 2 is 1.03 bits per heavy atom. The third-order valence-electron chi connectivity index (χ3n) is 12.2. The normalized spacial score (nSPS) is 19.8. The molecule has 6 unspecified atom stereocenters. The van der Waals surface area contributed by atoms with Crippen LogP contribution in [0.15, 0.2) is 48.6 Å². The number of allylic oxidation sites excluding steroid dienone is 8. The van der Waals surface area contributed by atoms with E-state index in [0.717, 1.165) is 70.6 Å². The summed E-state index contributed by atoms with van der Waals surface area (Å²) in [6, 6.07) is 0. The number of rotatable bonds is 47. The van der Waals surface area contributed by atoms with Gasteiger partial charge in [0.2, 0.25) is 0 Å². The fourth-order valence-corrected chi connectivity index (χ4v) is 8.70. The third kappa shape index (κ3) is 38.5. The lowest BCUT2D eigenvalue weighted by Gasteiger charge is -2.41. The monoisotopic (exact) mass is 971 g/mol. The number of aliphatic hydroxyl groups is 3. The summed E-state index contributed by atoms with van der Waals surface area (Å²) >= 11 is 0. The summed E-state index contributed by atoms with van der Waals surface area (Å²) in [5, 5.41) is 30.8. The summed E-state index contributed by atoms with van der Waals surface area (Å²) in [5.74, 6) is -0.397. The number of aliphatic hydroxyl groups excluding tert-OH is 3. The van der Waals surface area contributed by atoms with Crippen LogP contribution in [0.3, 0.4) is 0 Å². The molecule has 1 heterocycles. The number of hydrogen-bond donors (Lipinski definition) is 4. The molecule has 0 aliphatic carbocycles. The number of esters is 1. The molecule has 0 saturated carbocycles. The van der Waals surface area contributed by atoms with Crippen LogP contribution in [0.25, 0.3) is 0 Å². The number of unbranched alkanes of at least 4 members (excludes halogenated alkanes) is 26. The number of carbonyl (C=O) groups excluding carboxylic acids is 1. The standard InChI is InChI=1S/C54H98O12S/c1-3-5-7-9-11-13-15-17-19-21-22-23-24-25-26-27-28-30-32-34-36-38-40-42-44-62-46-48(47-63-54-52(58)53(66-67(59,60)61)51(57)49(45-55)65-54)64-50(56)43-41-39-37-35-33-31-29-20-18-16-14-12-10-8-6-4-2/h5,7,11,13,17,19,22-23,48-49,51-55,57-58H,3-4,6,8-10,12,14-16,18,20-21,24-47H2,1-2H3,(H,59,60,61)/b7-5-,13-11-,19-17-,23-22-. The molecule has 0 aromatic rings. The van der Waals surface area contributed by atoms with E-state index in [9.17, 15) is 33.1 Å². The lowest BCUT2D eigenvalue weighted by molar-refractivity contribution is -0.301. The molecule has 1 rings (SSSR count). The topological polar surface area (TPSA) is 178 Å². The van der Waals surface area contributed by atoms with E-state index in [4.69, 9.17) is 18.9 Å². The second-order valence-electron chi connectivity index (χ2n) is 18.4. The Morgan fingerprint density at radius 1 is 0.582 bits per heavy atom. The van der Waals surface area contributed by atoms with E-state index in [0.29, 0.717) is 13.0 Å². The molecule has 1 aliphatic rings. The molecule has 1 fully saturated rings. The molecule has 1 aliphatic heterocycles. The van der Waals surface area contributed by atoms with Crippen LogP contribution in [-0.2, 0) is 38.3 Å². The van der Waals surface area contributed by atoms with E-state index in [-0.39, 0.29) is 19.6 Å². The van der Waals surface area contributed by atoms with Crippen molar-refractivity contribution in [1.82, 2.24) is 0 Å². The van der Waals surface area contributed by atoms with Gasteiger partial charge in [-0.05, 0) is 51.4 Å². The summed E-state index contributed by atoms with van der Waals surface area (Å²) in [6.07, 6.45) is 47.1. The van der Waals surface area contributed by atoms with Gasteiger partial charge >= 0.3 is 16.4 Å². The zero-order valence-corrected chi connectivity index (χ0v) is 43.0. The summed E-state index contributed by atoms with van der Waals surface area (Å²) in [5.41, 5.74) is 0. The first-order valence-corrected chi connectivity index (χ1v) is 28.3. The van der Waals surface area contributed by atoms with E-state index in [1.54, 1.807) is 0 Å². The van der Waals surface area contributed by atoms with Crippen LogP contribution in [0.1, 0.15) is 226 Å². The van der Waals surface area contributed by atoms with Gasteiger partial charge < -0.3 is 34.3 Å². The Hall–Kier alpha value is -1.94. The molecule has 1 saturated heterocycles. The average Bonchev–Trinajstić information content (AvgIpc) is 3.30. The largest absolute Gasteiger partial charge is 0.457 e.